The van der Waals surface area contributed by atoms with Gasteiger partial charge >= 0.3 is 5.97 Å². The predicted molar refractivity (Wildman–Crippen MR) is 91.6 cm³/mol. The molecule has 128 valence electrons. The number of carbonyl (C=O) groups excluding carboxylic acids is 1. The van der Waals surface area contributed by atoms with Crippen molar-refractivity contribution in [1.29, 1.82) is 0 Å². The van der Waals surface area contributed by atoms with Crippen molar-refractivity contribution in [3.8, 4) is 5.75 Å². The molecule has 3 rings (SSSR count). The predicted octanol–water partition coefficient (Wildman–Crippen LogP) is 2.17. The van der Waals surface area contributed by atoms with Crippen LogP contribution in [-0.4, -0.2) is 38.2 Å². The zero-order valence-corrected chi connectivity index (χ0v) is 13.5. The fraction of sp³-hybridized carbons (Fsp3) is 0.167. The molecule has 0 spiro atoms. The second-order valence-electron chi connectivity index (χ2n) is 5.64. The average molecular weight is 339 g/mol. The van der Waals surface area contributed by atoms with Gasteiger partial charge in [-0.05, 0) is 18.6 Å². The summed E-state index contributed by atoms with van der Waals surface area (Å²) in [4.78, 5) is 26.5. The van der Waals surface area contributed by atoms with E-state index in [0.29, 0.717) is 10.9 Å². The van der Waals surface area contributed by atoms with Gasteiger partial charge in [0, 0.05) is 11.6 Å². The normalized spacial score (nSPS) is 12.0. The van der Waals surface area contributed by atoms with Crippen LogP contribution in [0.1, 0.15) is 29.0 Å². The van der Waals surface area contributed by atoms with Gasteiger partial charge in [0.25, 0.3) is 5.91 Å². The second kappa shape index (κ2) is 6.64. The average Bonchev–Trinajstić information content (AvgIpc) is 3.05. The fourth-order valence-corrected chi connectivity index (χ4v) is 2.75. The number of aliphatic carboxylic acids is 1. The number of amides is 1. The Kier molecular flexibility index (Phi) is 4.38. The van der Waals surface area contributed by atoms with Crippen molar-refractivity contribution in [2.75, 3.05) is 6.54 Å². The zero-order valence-electron chi connectivity index (χ0n) is 13.5. The summed E-state index contributed by atoms with van der Waals surface area (Å²) in [6.07, 6.45) is 3.33. The molecule has 2 aromatic heterocycles. The largest absolute Gasteiger partial charge is 0.505 e. The molecule has 0 aliphatic carbocycles. The highest BCUT2D eigenvalue weighted by molar-refractivity contribution is 6.01. The van der Waals surface area contributed by atoms with Crippen molar-refractivity contribution in [3.63, 3.8) is 0 Å². The molecule has 1 aromatic carbocycles. The summed E-state index contributed by atoms with van der Waals surface area (Å²) in [6.45, 7) is 1.49. The Bertz CT molecular complexity index is 934. The molecule has 0 radical (unpaired) electrons. The topological polar surface area (TPSA) is 104 Å². The number of pyridine rings is 1. The van der Waals surface area contributed by atoms with Crippen LogP contribution in [0, 0.1) is 0 Å². The van der Waals surface area contributed by atoms with Crippen LogP contribution in [0.4, 0.5) is 0 Å². The summed E-state index contributed by atoms with van der Waals surface area (Å²) in [5.74, 6) is -2.16. The van der Waals surface area contributed by atoms with Crippen LogP contribution in [0.5, 0.6) is 5.75 Å². The van der Waals surface area contributed by atoms with E-state index in [2.05, 4.69) is 10.3 Å². The van der Waals surface area contributed by atoms with Crippen molar-refractivity contribution in [2.24, 2.45) is 0 Å². The number of carboxylic acids is 1. The summed E-state index contributed by atoms with van der Waals surface area (Å²) >= 11 is 0. The SMILES string of the molecule is C[C@@H](c1ccccc1)n1ccc2c(O)c(C(=O)NCC(=O)O)ncc21. The zero-order chi connectivity index (χ0) is 18.0. The van der Waals surface area contributed by atoms with Gasteiger partial charge in [-0.25, -0.2) is 4.98 Å². The molecular weight excluding hydrogens is 322 g/mol. The lowest BCUT2D eigenvalue weighted by Crippen LogP contribution is -2.29. The van der Waals surface area contributed by atoms with Crippen molar-refractivity contribution in [2.45, 2.75) is 13.0 Å². The van der Waals surface area contributed by atoms with Crippen LogP contribution in [0.15, 0.2) is 48.8 Å². The van der Waals surface area contributed by atoms with Gasteiger partial charge in [-0.2, -0.15) is 0 Å². The third-order valence-electron chi connectivity index (χ3n) is 4.07. The number of hydrogen-bond donors (Lipinski definition) is 3. The first-order valence-electron chi connectivity index (χ1n) is 7.72. The fourth-order valence-electron chi connectivity index (χ4n) is 2.75. The monoisotopic (exact) mass is 339 g/mol. The minimum atomic E-state index is -1.17. The van der Waals surface area contributed by atoms with Crippen LogP contribution in [0.25, 0.3) is 10.9 Å². The number of fused-ring (bicyclic) bond motifs is 1. The Morgan fingerprint density at radius 1 is 1.24 bits per heavy atom. The minimum absolute atomic E-state index is 0.0200. The maximum Gasteiger partial charge on any atom is 0.322 e. The van der Waals surface area contributed by atoms with E-state index in [1.54, 1.807) is 6.07 Å². The van der Waals surface area contributed by atoms with E-state index >= 15 is 0 Å². The Morgan fingerprint density at radius 2 is 1.96 bits per heavy atom. The lowest BCUT2D eigenvalue weighted by molar-refractivity contribution is -0.135. The maximum absolute atomic E-state index is 12.0. The number of hydrogen-bond acceptors (Lipinski definition) is 4. The van der Waals surface area contributed by atoms with Crippen molar-refractivity contribution >= 4 is 22.8 Å². The van der Waals surface area contributed by atoms with E-state index in [0.717, 1.165) is 5.56 Å². The molecule has 0 aliphatic heterocycles. The second-order valence-corrected chi connectivity index (χ2v) is 5.64. The van der Waals surface area contributed by atoms with Crippen LogP contribution >= 0.6 is 0 Å². The number of aromatic nitrogens is 2. The molecule has 0 unspecified atom stereocenters. The van der Waals surface area contributed by atoms with Gasteiger partial charge in [-0.1, -0.05) is 30.3 Å². The molecule has 3 N–H and O–H groups in total. The molecule has 7 heteroatoms. The quantitative estimate of drug-likeness (QED) is 0.661. The Morgan fingerprint density at radius 3 is 2.64 bits per heavy atom. The minimum Gasteiger partial charge on any atom is -0.505 e. The van der Waals surface area contributed by atoms with Crippen LogP contribution in [-0.2, 0) is 4.79 Å². The van der Waals surface area contributed by atoms with Crippen molar-refractivity contribution in [1.82, 2.24) is 14.9 Å². The standard InChI is InChI=1S/C18H17N3O4/c1-11(12-5-3-2-4-6-12)21-8-7-13-14(21)9-19-16(17(13)24)18(25)20-10-15(22)23/h2-9,11,24H,10H2,1H3,(H,20,25)(H,22,23)/t11-/m0/s1. The summed E-state index contributed by atoms with van der Waals surface area (Å²) in [5.41, 5.74) is 1.59. The van der Waals surface area contributed by atoms with E-state index in [-0.39, 0.29) is 17.5 Å². The highest BCUT2D eigenvalue weighted by Crippen LogP contribution is 2.31. The molecule has 0 fully saturated rings. The summed E-state index contributed by atoms with van der Waals surface area (Å²) in [5, 5.41) is 21.7. The third kappa shape index (κ3) is 3.16. The van der Waals surface area contributed by atoms with E-state index in [9.17, 15) is 14.7 Å². The van der Waals surface area contributed by atoms with Crippen LogP contribution < -0.4 is 5.32 Å². The molecule has 0 bridgehead atoms. The van der Waals surface area contributed by atoms with E-state index in [1.165, 1.54) is 6.20 Å². The number of aromatic hydroxyl groups is 1. The summed E-state index contributed by atoms with van der Waals surface area (Å²) in [7, 11) is 0. The third-order valence-corrected chi connectivity index (χ3v) is 4.07. The van der Waals surface area contributed by atoms with Gasteiger partial charge in [0.1, 0.15) is 6.54 Å². The van der Waals surface area contributed by atoms with Gasteiger partial charge in [-0.3, -0.25) is 9.59 Å². The van der Waals surface area contributed by atoms with Crippen molar-refractivity contribution < 1.29 is 19.8 Å². The lowest BCUT2D eigenvalue weighted by atomic mass is 10.1. The molecule has 1 amide bonds. The van der Waals surface area contributed by atoms with E-state index in [4.69, 9.17) is 5.11 Å². The number of rotatable bonds is 5. The van der Waals surface area contributed by atoms with Gasteiger partial charge in [0.05, 0.1) is 17.8 Å². The summed E-state index contributed by atoms with van der Waals surface area (Å²) < 4.78 is 1.95. The first-order chi connectivity index (χ1) is 12.0. The van der Waals surface area contributed by atoms with Gasteiger partial charge in [0.15, 0.2) is 11.4 Å². The van der Waals surface area contributed by atoms with E-state index < -0.39 is 18.4 Å². The lowest BCUT2D eigenvalue weighted by Gasteiger charge is -2.16. The highest BCUT2D eigenvalue weighted by atomic mass is 16.4. The van der Waals surface area contributed by atoms with Gasteiger partial charge < -0.3 is 20.1 Å². The van der Waals surface area contributed by atoms with Crippen molar-refractivity contribution in [3.05, 3.63) is 60.0 Å². The Balaban J connectivity index is 1.97. The summed E-state index contributed by atoms with van der Waals surface area (Å²) in [6, 6.07) is 11.6. The number of carboxylic acid groups (broad SMARTS) is 1. The molecule has 0 saturated carbocycles. The Hall–Kier alpha value is -3.35. The van der Waals surface area contributed by atoms with Crippen LogP contribution in [0.3, 0.4) is 0 Å². The Labute approximate surface area is 143 Å². The first kappa shape index (κ1) is 16.5. The molecule has 7 nitrogen and oxygen atoms in total. The van der Waals surface area contributed by atoms with E-state index in [1.807, 2.05) is 48.0 Å². The first-order valence-corrected chi connectivity index (χ1v) is 7.72. The highest BCUT2D eigenvalue weighted by Gasteiger charge is 2.19. The number of nitrogens with zero attached hydrogens (tertiary/aromatic N) is 2. The molecule has 0 aliphatic rings. The number of nitrogens with one attached hydrogen (secondary N) is 1. The number of benzene rings is 1. The molecule has 2 heterocycles. The molecular formula is C18H17N3O4. The number of carbonyl (C=O) groups is 2. The van der Waals surface area contributed by atoms with Crippen LogP contribution in [0.2, 0.25) is 0 Å². The van der Waals surface area contributed by atoms with Gasteiger partial charge in [-0.15, -0.1) is 0 Å². The maximum atomic E-state index is 12.0. The molecule has 1 atom stereocenters. The molecule has 0 saturated heterocycles. The smallest absolute Gasteiger partial charge is 0.322 e. The molecule has 25 heavy (non-hydrogen) atoms. The van der Waals surface area contributed by atoms with Gasteiger partial charge in [0.2, 0.25) is 0 Å². The molecule has 3 aromatic rings.